The number of fused-ring (bicyclic) bond motifs is 1. The first-order valence-corrected chi connectivity index (χ1v) is 13.4. The molecule has 8 heteroatoms. The second kappa shape index (κ2) is 8.88. The van der Waals surface area contributed by atoms with E-state index in [1.807, 2.05) is 52.0 Å². The van der Waals surface area contributed by atoms with Crippen molar-refractivity contribution in [3.63, 3.8) is 0 Å². The van der Waals surface area contributed by atoms with Gasteiger partial charge < -0.3 is 20.3 Å². The number of hydrogen-bond donors (Lipinski definition) is 2. The average molecular weight is 514 g/mol. The lowest BCUT2D eigenvalue weighted by Crippen LogP contribution is -2.57. The summed E-state index contributed by atoms with van der Waals surface area (Å²) in [6.45, 7) is 7.80. The van der Waals surface area contributed by atoms with Crippen LogP contribution in [0, 0.1) is 11.8 Å². The smallest absolute Gasteiger partial charge is 0.246 e. The molecule has 1 saturated carbocycles. The van der Waals surface area contributed by atoms with Gasteiger partial charge in [-0.15, -0.1) is 0 Å². The van der Waals surface area contributed by atoms with Crippen molar-refractivity contribution in [3.05, 3.63) is 47.0 Å². The first-order chi connectivity index (χ1) is 16.9. The highest BCUT2D eigenvalue weighted by Gasteiger charge is 2.76. The summed E-state index contributed by atoms with van der Waals surface area (Å²) in [6, 6.07) is 6.46. The van der Waals surface area contributed by atoms with Gasteiger partial charge in [-0.1, -0.05) is 55.1 Å². The maximum Gasteiger partial charge on any atom is 0.246 e. The summed E-state index contributed by atoms with van der Waals surface area (Å²) in [6.07, 6.45) is 9.02. The van der Waals surface area contributed by atoms with Gasteiger partial charge >= 0.3 is 0 Å². The van der Waals surface area contributed by atoms with Crippen LogP contribution in [0.25, 0.3) is 0 Å². The van der Waals surface area contributed by atoms with Crippen molar-refractivity contribution in [1.82, 2.24) is 15.5 Å². The number of nitrogens with one attached hydrogen (secondary N) is 2. The van der Waals surface area contributed by atoms with Gasteiger partial charge in [0.2, 0.25) is 17.7 Å². The molecule has 5 atom stereocenters. The number of carbonyl (C=O) groups excluding carboxylic acids is 3. The van der Waals surface area contributed by atoms with Gasteiger partial charge in [-0.2, -0.15) is 0 Å². The molecule has 194 valence electrons. The predicted octanol–water partition coefficient (Wildman–Crippen LogP) is 3.74. The lowest BCUT2D eigenvalue weighted by atomic mass is 9.70. The second-order valence-electron chi connectivity index (χ2n) is 12.0. The number of nitrogens with zero attached hydrogens (tertiary/aromatic N) is 1. The van der Waals surface area contributed by atoms with E-state index in [0.717, 1.165) is 31.2 Å². The summed E-state index contributed by atoms with van der Waals surface area (Å²) in [5.74, 6) is -2.13. The molecule has 4 aliphatic rings. The third kappa shape index (κ3) is 4.24. The zero-order valence-corrected chi connectivity index (χ0v) is 22.2. The van der Waals surface area contributed by atoms with E-state index in [9.17, 15) is 14.4 Å². The summed E-state index contributed by atoms with van der Waals surface area (Å²) in [5, 5.41) is 6.86. The highest BCUT2D eigenvalue weighted by Crippen LogP contribution is 2.60. The van der Waals surface area contributed by atoms with Gasteiger partial charge in [0, 0.05) is 23.1 Å². The first-order valence-electron chi connectivity index (χ1n) is 13.0. The third-order valence-electron chi connectivity index (χ3n) is 8.04. The zero-order chi connectivity index (χ0) is 25.9. The third-order valence-corrected chi connectivity index (χ3v) is 8.30. The molecule has 2 N–H and O–H groups in total. The Morgan fingerprint density at radius 1 is 1.08 bits per heavy atom. The zero-order valence-electron chi connectivity index (χ0n) is 21.5. The van der Waals surface area contributed by atoms with Gasteiger partial charge in [0.25, 0.3) is 0 Å². The van der Waals surface area contributed by atoms with Crippen LogP contribution >= 0.6 is 11.6 Å². The highest BCUT2D eigenvalue weighted by molar-refractivity contribution is 6.30. The molecular formula is C28H36ClN3O4. The highest BCUT2D eigenvalue weighted by atomic mass is 35.5. The van der Waals surface area contributed by atoms with Crippen LogP contribution in [-0.2, 0) is 25.7 Å². The molecule has 5 rings (SSSR count). The van der Waals surface area contributed by atoms with Crippen molar-refractivity contribution in [2.24, 2.45) is 11.8 Å². The first kappa shape index (κ1) is 25.3. The Labute approximate surface area is 218 Å². The largest absolute Gasteiger partial charge is 0.356 e. The minimum absolute atomic E-state index is 0.121. The molecule has 1 aromatic carbocycles. The molecular weight excluding hydrogens is 478 g/mol. The molecule has 0 unspecified atom stereocenters. The molecule has 0 radical (unpaired) electrons. The van der Waals surface area contributed by atoms with E-state index >= 15 is 0 Å². The number of halogens is 1. The van der Waals surface area contributed by atoms with Gasteiger partial charge in [0.15, 0.2) is 0 Å². The molecule has 3 amide bonds. The Balaban J connectivity index is 1.51. The van der Waals surface area contributed by atoms with E-state index in [1.165, 1.54) is 6.42 Å². The number of hydrogen-bond acceptors (Lipinski definition) is 4. The average Bonchev–Trinajstić information content (AvgIpc) is 3.36. The summed E-state index contributed by atoms with van der Waals surface area (Å²) < 4.78 is 6.58. The van der Waals surface area contributed by atoms with E-state index in [-0.39, 0.29) is 30.3 Å². The Morgan fingerprint density at radius 3 is 2.39 bits per heavy atom. The molecule has 2 saturated heterocycles. The van der Waals surface area contributed by atoms with Crippen LogP contribution in [0.5, 0.6) is 0 Å². The Hall–Kier alpha value is -2.38. The van der Waals surface area contributed by atoms with Gasteiger partial charge in [-0.25, -0.2) is 0 Å². The summed E-state index contributed by atoms with van der Waals surface area (Å²) >= 11 is 6.07. The molecule has 2 bridgehead atoms. The van der Waals surface area contributed by atoms with Gasteiger partial charge in [-0.05, 0) is 58.2 Å². The van der Waals surface area contributed by atoms with Crippen molar-refractivity contribution in [1.29, 1.82) is 0 Å². The SMILES string of the molecule is CC(C)(C)NC(=O)[C@H]1N(Cc2ccc(Cl)cc2)C(=O)[C@@H]2[C@H](C(=O)NC3CCCCC3)[C@]3(C)C=C[C@@]21O3. The maximum absolute atomic E-state index is 14.1. The Kier molecular flexibility index (Phi) is 6.23. The van der Waals surface area contributed by atoms with E-state index in [0.29, 0.717) is 5.02 Å². The molecule has 1 aromatic rings. The minimum Gasteiger partial charge on any atom is -0.356 e. The number of likely N-dealkylation sites (tertiary alicyclic amines) is 1. The molecule has 3 heterocycles. The fraction of sp³-hybridized carbons (Fsp3) is 0.607. The van der Waals surface area contributed by atoms with Gasteiger partial charge in [0.1, 0.15) is 11.6 Å². The predicted molar refractivity (Wildman–Crippen MR) is 137 cm³/mol. The van der Waals surface area contributed by atoms with Crippen LogP contribution < -0.4 is 10.6 Å². The van der Waals surface area contributed by atoms with Crippen LogP contribution in [0.2, 0.25) is 5.02 Å². The van der Waals surface area contributed by atoms with Crippen molar-refractivity contribution >= 4 is 29.3 Å². The minimum atomic E-state index is -1.19. The molecule has 1 spiro atoms. The van der Waals surface area contributed by atoms with Crippen LogP contribution in [0.15, 0.2) is 36.4 Å². The van der Waals surface area contributed by atoms with Crippen molar-refractivity contribution in [3.8, 4) is 0 Å². The summed E-state index contributed by atoms with van der Waals surface area (Å²) in [7, 11) is 0. The standard InChI is InChI=1S/C28H36ClN3O4/c1-26(2,3)31-24(34)22-28-15-14-27(4,36-28)20(23(33)30-19-8-6-5-7-9-19)21(28)25(35)32(22)16-17-10-12-18(29)13-11-17/h10-15,19-22H,5-9,16H2,1-4H3,(H,30,33)(H,31,34)/t20-,21+,22-,27+,28-/m1/s1. The molecule has 3 fully saturated rings. The Bertz CT molecular complexity index is 1090. The lowest BCUT2D eigenvalue weighted by Gasteiger charge is -2.35. The van der Waals surface area contributed by atoms with Crippen LogP contribution in [0.1, 0.15) is 65.4 Å². The van der Waals surface area contributed by atoms with Crippen molar-refractivity contribution in [2.75, 3.05) is 0 Å². The maximum atomic E-state index is 14.1. The van der Waals surface area contributed by atoms with Gasteiger partial charge in [-0.3, -0.25) is 14.4 Å². The van der Waals surface area contributed by atoms with Gasteiger partial charge in [0.05, 0.1) is 17.4 Å². The molecule has 36 heavy (non-hydrogen) atoms. The van der Waals surface area contributed by atoms with Crippen LogP contribution in [0.3, 0.4) is 0 Å². The molecule has 3 aliphatic heterocycles. The second-order valence-corrected chi connectivity index (χ2v) is 12.4. The molecule has 1 aliphatic carbocycles. The van der Waals surface area contributed by atoms with E-state index in [1.54, 1.807) is 17.0 Å². The van der Waals surface area contributed by atoms with E-state index in [4.69, 9.17) is 16.3 Å². The summed E-state index contributed by atoms with van der Waals surface area (Å²) in [4.78, 5) is 43.1. The molecule has 7 nitrogen and oxygen atoms in total. The summed E-state index contributed by atoms with van der Waals surface area (Å²) in [5.41, 5.74) is -1.78. The quantitative estimate of drug-likeness (QED) is 0.587. The van der Waals surface area contributed by atoms with E-state index < -0.39 is 34.6 Å². The Morgan fingerprint density at radius 2 is 1.75 bits per heavy atom. The lowest BCUT2D eigenvalue weighted by molar-refractivity contribution is -0.146. The number of amides is 3. The number of carbonyl (C=O) groups is 3. The van der Waals surface area contributed by atoms with E-state index in [2.05, 4.69) is 10.6 Å². The fourth-order valence-corrected chi connectivity index (χ4v) is 6.69. The number of ether oxygens (including phenoxy) is 1. The van der Waals surface area contributed by atoms with Crippen LogP contribution in [-0.4, -0.2) is 51.4 Å². The normalized spacial score (nSPS) is 33.6. The van der Waals surface area contributed by atoms with Crippen molar-refractivity contribution < 1.29 is 19.1 Å². The topological polar surface area (TPSA) is 87.7 Å². The van der Waals surface area contributed by atoms with Crippen LogP contribution in [0.4, 0.5) is 0 Å². The monoisotopic (exact) mass is 513 g/mol. The number of benzene rings is 1. The fourth-order valence-electron chi connectivity index (χ4n) is 6.56. The number of rotatable bonds is 5. The molecule has 0 aromatic heterocycles. The van der Waals surface area contributed by atoms with Crippen molar-refractivity contribution in [2.45, 2.75) is 95.2 Å².